The van der Waals surface area contributed by atoms with Crippen molar-refractivity contribution in [2.24, 2.45) is 0 Å². The van der Waals surface area contributed by atoms with Crippen LogP contribution in [0.2, 0.25) is 0 Å². The molecule has 22 heavy (non-hydrogen) atoms. The van der Waals surface area contributed by atoms with Gasteiger partial charge in [0.1, 0.15) is 11.8 Å². The Morgan fingerprint density at radius 3 is 2.73 bits per heavy atom. The minimum atomic E-state index is -0.278. The average molecular weight is 298 g/mol. The predicted octanol–water partition coefficient (Wildman–Crippen LogP) is 2.02. The molecule has 1 amide bonds. The van der Waals surface area contributed by atoms with Gasteiger partial charge in [-0.1, -0.05) is 12.1 Å². The summed E-state index contributed by atoms with van der Waals surface area (Å²) in [4.78, 5) is 14.6. The van der Waals surface area contributed by atoms with Crippen LogP contribution in [-0.2, 0) is 11.3 Å². The van der Waals surface area contributed by atoms with Crippen molar-refractivity contribution in [1.82, 2.24) is 19.7 Å². The van der Waals surface area contributed by atoms with Gasteiger partial charge < -0.3 is 9.64 Å². The number of hydrogen-bond acceptors (Lipinski definition) is 4. The number of nitrogens with zero attached hydrogens (tertiary/aromatic N) is 4. The van der Waals surface area contributed by atoms with Crippen LogP contribution in [0.15, 0.2) is 24.3 Å². The molecule has 2 aliphatic rings. The summed E-state index contributed by atoms with van der Waals surface area (Å²) in [5.74, 6) is 2.44. The maximum Gasteiger partial charge on any atom is 0.246 e. The number of carbonyl (C=O) groups is 1. The molecule has 0 radical (unpaired) electrons. The Morgan fingerprint density at radius 1 is 1.23 bits per heavy atom. The van der Waals surface area contributed by atoms with Crippen LogP contribution in [-0.4, -0.2) is 38.7 Å². The van der Waals surface area contributed by atoms with Crippen LogP contribution in [0.5, 0.6) is 5.75 Å². The van der Waals surface area contributed by atoms with Crippen molar-refractivity contribution in [2.75, 3.05) is 7.11 Å². The standard InChI is InChI=1S/C16H18N4O2/c1-10-16(21)19(11-7-8-11)9-14-17-18-15(20(10)14)12-5-3-4-6-13(12)22-2/h3-6,10-11H,7-9H2,1-2H3. The molecule has 1 saturated carbocycles. The molecule has 0 bridgehead atoms. The van der Waals surface area contributed by atoms with E-state index in [1.807, 2.05) is 40.7 Å². The van der Waals surface area contributed by atoms with E-state index >= 15 is 0 Å². The van der Waals surface area contributed by atoms with E-state index in [2.05, 4.69) is 10.2 Å². The van der Waals surface area contributed by atoms with E-state index in [9.17, 15) is 4.79 Å². The largest absolute Gasteiger partial charge is 0.496 e. The Balaban J connectivity index is 1.80. The van der Waals surface area contributed by atoms with Gasteiger partial charge in [-0.15, -0.1) is 10.2 Å². The SMILES string of the molecule is COc1ccccc1-c1nnc2n1C(C)C(=O)N(C1CC1)C2. The molecule has 1 aromatic carbocycles. The van der Waals surface area contributed by atoms with E-state index in [0.717, 1.165) is 30.0 Å². The number of rotatable bonds is 3. The van der Waals surface area contributed by atoms with Crippen molar-refractivity contribution >= 4 is 5.91 Å². The van der Waals surface area contributed by atoms with Gasteiger partial charge in [0.25, 0.3) is 0 Å². The van der Waals surface area contributed by atoms with E-state index in [-0.39, 0.29) is 11.9 Å². The van der Waals surface area contributed by atoms with E-state index in [1.54, 1.807) is 7.11 Å². The number of para-hydroxylation sites is 1. The van der Waals surface area contributed by atoms with Crippen molar-refractivity contribution in [1.29, 1.82) is 0 Å². The Hall–Kier alpha value is -2.37. The van der Waals surface area contributed by atoms with Crippen molar-refractivity contribution < 1.29 is 9.53 Å². The zero-order valence-corrected chi connectivity index (χ0v) is 12.7. The third-order valence-corrected chi connectivity index (χ3v) is 4.44. The Bertz CT molecular complexity index is 735. The minimum Gasteiger partial charge on any atom is -0.496 e. The number of aromatic nitrogens is 3. The molecule has 0 spiro atoms. The first-order chi connectivity index (χ1) is 10.7. The highest BCUT2D eigenvalue weighted by molar-refractivity contribution is 5.83. The second-order valence-electron chi connectivity index (χ2n) is 5.88. The van der Waals surface area contributed by atoms with Gasteiger partial charge in [-0.25, -0.2) is 0 Å². The third kappa shape index (κ3) is 1.90. The van der Waals surface area contributed by atoms with Gasteiger partial charge in [-0.2, -0.15) is 0 Å². The number of carbonyl (C=O) groups excluding carboxylic acids is 1. The normalized spacial score (nSPS) is 20.9. The van der Waals surface area contributed by atoms with Gasteiger partial charge >= 0.3 is 0 Å². The van der Waals surface area contributed by atoms with Crippen LogP contribution in [0.25, 0.3) is 11.4 Å². The summed E-state index contributed by atoms with van der Waals surface area (Å²) < 4.78 is 7.36. The molecule has 114 valence electrons. The first kappa shape index (κ1) is 13.3. The summed E-state index contributed by atoms with van der Waals surface area (Å²) in [5, 5.41) is 8.65. The van der Waals surface area contributed by atoms with Gasteiger partial charge in [0.2, 0.25) is 5.91 Å². The molecule has 6 nitrogen and oxygen atoms in total. The van der Waals surface area contributed by atoms with Crippen LogP contribution >= 0.6 is 0 Å². The summed E-state index contributed by atoms with van der Waals surface area (Å²) in [7, 11) is 1.63. The van der Waals surface area contributed by atoms with Crippen molar-refractivity contribution in [3.8, 4) is 17.1 Å². The smallest absolute Gasteiger partial charge is 0.246 e. The van der Waals surface area contributed by atoms with Crippen LogP contribution in [0.4, 0.5) is 0 Å². The molecule has 2 heterocycles. The number of fused-ring (bicyclic) bond motifs is 1. The summed E-state index contributed by atoms with van der Waals surface area (Å²) in [6.07, 6.45) is 2.21. The van der Waals surface area contributed by atoms with Crippen LogP contribution < -0.4 is 4.74 Å². The Morgan fingerprint density at radius 2 is 2.00 bits per heavy atom. The predicted molar refractivity (Wildman–Crippen MR) is 80.3 cm³/mol. The molecule has 1 unspecified atom stereocenters. The second kappa shape index (κ2) is 4.83. The highest BCUT2D eigenvalue weighted by atomic mass is 16.5. The van der Waals surface area contributed by atoms with Gasteiger partial charge in [-0.3, -0.25) is 9.36 Å². The van der Waals surface area contributed by atoms with Gasteiger partial charge in [0.15, 0.2) is 11.6 Å². The molecule has 1 aliphatic heterocycles. The van der Waals surface area contributed by atoms with Crippen molar-refractivity contribution in [3.05, 3.63) is 30.1 Å². The number of amides is 1. The fourth-order valence-electron chi connectivity index (χ4n) is 3.13. The lowest BCUT2D eigenvalue weighted by Crippen LogP contribution is -2.43. The topological polar surface area (TPSA) is 60.3 Å². The second-order valence-corrected chi connectivity index (χ2v) is 5.88. The summed E-state index contributed by atoms with van der Waals surface area (Å²) in [6.45, 7) is 2.47. The van der Waals surface area contributed by atoms with Gasteiger partial charge in [0.05, 0.1) is 19.2 Å². The summed E-state index contributed by atoms with van der Waals surface area (Å²) in [5.41, 5.74) is 0.864. The van der Waals surface area contributed by atoms with Gasteiger partial charge in [-0.05, 0) is 31.9 Å². The van der Waals surface area contributed by atoms with E-state index in [1.165, 1.54) is 0 Å². The maximum absolute atomic E-state index is 12.6. The molecule has 2 aromatic rings. The summed E-state index contributed by atoms with van der Waals surface area (Å²) in [6, 6.07) is 7.81. The minimum absolute atomic E-state index is 0.158. The molecule has 0 saturated heterocycles. The van der Waals surface area contributed by atoms with Crippen LogP contribution in [0, 0.1) is 0 Å². The molecule has 0 N–H and O–H groups in total. The zero-order valence-electron chi connectivity index (χ0n) is 12.7. The maximum atomic E-state index is 12.6. The van der Waals surface area contributed by atoms with Crippen molar-refractivity contribution in [2.45, 2.75) is 38.4 Å². The number of benzene rings is 1. The number of hydrogen-bond donors (Lipinski definition) is 0. The van der Waals surface area contributed by atoms with Crippen LogP contribution in [0.1, 0.15) is 31.6 Å². The molecular formula is C16H18N4O2. The molecule has 6 heteroatoms. The first-order valence-electron chi connectivity index (χ1n) is 7.58. The lowest BCUT2D eigenvalue weighted by Gasteiger charge is -2.32. The Labute approximate surface area is 128 Å². The molecular weight excluding hydrogens is 280 g/mol. The van der Waals surface area contributed by atoms with Gasteiger partial charge in [0, 0.05) is 6.04 Å². The fraction of sp³-hybridized carbons (Fsp3) is 0.438. The first-order valence-corrected chi connectivity index (χ1v) is 7.58. The fourth-order valence-corrected chi connectivity index (χ4v) is 3.13. The number of ether oxygens (including phenoxy) is 1. The monoisotopic (exact) mass is 298 g/mol. The molecule has 1 atom stereocenters. The zero-order chi connectivity index (χ0) is 15.3. The lowest BCUT2D eigenvalue weighted by atomic mass is 10.1. The van der Waals surface area contributed by atoms with E-state index < -0.39 is 0 Å². The molecule has 1 aromatic heterocycles. The summed E-state index contributed by atoms with van der Waals surface area (Å²) >= 11 is 0. The number of methoxy groups -OCH3 is 1. The third-order valence-electron chi connectivity index (χ3n) is 4.44. The highest BCUT2D eigenvalue weighted by Crippen LogP contribution is 2.37. The Kier molecular flexibility index (Phi) is 2.92. The molecule has 1 aliphatic carbocycles. The van der Waals surface area contributed by atoms with E-state index in [0.29, 0.717) is 18.4 Å². The van der Waals surface area contributed by atoms with Crippen molar-refractivity contribution in [3.63, 3.8) is 0 Å². The molecule has 4 rings (SSSR count). The average Bonchev–Trinajstić information content (AvgIpc) is 3.30. The van der Waals surface area contributed by atoms with Crippen LogP contribution in [0.3, 0.4) is 0 Å². The highest BCUT2D eigenvalue weighted by Gasteiger charge is 2.40. The quantitative estimate of drug-likeness (QED) is 0.870. The lowest BCUT2D eigenvalue weighted by molar-refractivity contribution is -0.137. The molecule has 1 fully saturated rings. The van der Waals surface area contributed by atoms with E-state index in [4.69, 9.17) is 4.74 Å².